The molecule has 1 heterocycles. The number of rotatable bonds is 9. The predicted molar refractivity (Wildman–Crippen MR) is 91.5 cm³/mol. The first kappa shape index (κ1) is 19.9. The van der Waals surface area contributed by atoms with Gasteiger partial charge >= 0.3 is 0 Å². The van der Waals surface area contributed by atoms with Crippen LogP contribution in [0.15, 0.2) is 28.6 Å². The summed E-state index contributed by atoms with van der Waals surface area (Å²) in [5, 5.41) is 46.7. The normalized spacial score (nSPS) is 16.4. The number of para-hydroxylation sites is 1. The largest absolute Gasteiger partial charge is 0.394 e. The third kappa shape index (κ3) is 4.82. The van der Waals surface area contributed by atoms with E-state index in [1.807, 2.05) is 24.3 Å². The minimum absolute atomic E-state index is 0.291. The Labute approximate surface area is 150 Å². The smallest absolute Gasteiger partial charge is 0.230 e. The highest BCUT2D eigenvalue weighted by Crippen LogP contribution is 2.29. The molecule has 0 aliphatic rings. The number of benzene rings is 1. The fourth-order valence-electron chi connectivity index (χ4n) is 1.95. The number of hydrogen-bond donors (Lipinski definition) is 5. The van der Waals surface area contributed by atoms with Crippen molar-refractivity contribution in [2.24, 2.45) is 0 Å². The van der Waals surface area contributed by atoms with Crippen LogP contribution in [-0.4, -0.2) is 78.9 Å². The SMILES string of the molecule is O=C(CSc1nc2ccccc2s1)C(=O)[C@H](O)[C@@H](O)[C@@H](O)[C@H](O)CO. The van der Waals surface area contributed by atoms with E-state index in [2.05, 4.69) is 4.98 Å². The molecule has 1 aromatic heterocycles. The van der Waals surface area contributed by atoms with Gasteiger partial charge in [0, 0.05) is 0 Å². The zero-order valence-electron chi connectivity index (χ0n) is 12.8. The van der Waals surface area contributed by atoms with E-state index in [9.17, 15) is 30.0 Å². The van der Waals surface area contributed by atoms with Crippen LogP contribution in [0.2, 0.25) is 0 Å². The Hall–Kier alpha value is -1.40. The molecule has 0 aliphatic heterocycles. The van der Waals surface area contributed by atoms with Crippen molar-refractivity contribution in [3.05, 3.63) is 24.3 Å². The average molecular weight is 387 g/mol. The van der Waals surface area contributed by atoms with Gasteiger partial charge in [-0.25, -0.2) is 4.98 Å². The molecule has 0 unspecified atom stereocenters. The van der Waals surface area contributed by atoms with E-state index in [0.717, 1.165) is 22.0 Å². The zero-order valence-corrected chi connectivity index (χ0v) is 14.5. The van der Waals surface area contributed by atoms with Gasteiger partial charge in [0.05, 0.1) is 22.6 Å². The second-order valence-corrected chi connectivity index (χ2v) is 7.45. The van der Waals surface area contributed by atoms with Gasteiger partial charge < -0.3 is 25.5 Å². The fourth-order valence-corrected chi connectivity index (χ4v) is 3.89. The summed E-state index contributed by atoms with van der Waals surface area (Å²) in [6.45, 7) is -0.874. The minimum atomic E-state index is -2.19. The van der Waals surface area contributed by atoms with Gasteiger partial charge in [0.15, 0.2) is 4.34 Å². The Morgan fingerprint density at radius 1 is 1.12 bits per heavy atom. The van der Waals surface area contributed by atoms with Gasteiger partial charge in [-0.15, -0.1) is 11.3 Å². The summed E-state index contributed by atoms with van der Waals surface area (Å²) < 4.78 is 1.51. The molecule has 0 radical (unpaired) electrons. The number of Topliss-reactive ketones (excluding diaryl/α,β-unsaturated/α-hetero) is 2. The first-order valence-electron chi connectivity index (χ1n) is 7.23. The number of aliphatic hydroxyl groups excluding tert-OH is 5. The Bertz CT molecular complexity index is 717. The van der Waals surface area contributed by atoms with Crippen LogP contribution in [0.4, 0.5) is 0 Å². The summed E-state index contributed by atoms with van der Waals surface area (Å²) in [7, 11) is 0. The molecule has 1 aromatic carbocycles. The van der Waals surface area contributed by atoms with Gasteiger partial charge in [-0.1, -0.05) is 23.9 Å². The Balaban J connectivity index is 1.94. The number of thiazole rings is 1. The quantitative estimate of drug-likeness (QED) is 0.269. The molecule has 10 heteroatoms. The lowest BCUT2D eigenvalue weighted by Gasteiger charge is -2.24. The zero-order chi connectivity index (χ0) is 18.6. The third-order valence-corrected chi connectivity index (χ3v) is 5.58. The van der Waals surface area contributed by atoms with Crippen LogP contribution >= 0.6 is 23.1 Å². The van der Waals surface area contributed by atoms with Crippen molar-refractivity contribution in [3.8, 4) is 0 Å². The molecular formula is C15H17NO7S2. The summed E-state index contributed by atoms with van der Waals surface area (Å²) in [6.07, 6.45) is -8.00. The Kier molecular flexibility index (Phi) is 7.02. The van der Waals surface area contributed by atoms with E-state index in [4.69, 9.17) is 5.11 Å². The Morgan fingerprint density at radius 3 is 2.44 bits per heavy atom. The average Bonchev–Trinajstić information content (AvgIpc) is 3.05. The van der Waals surface area contributed by atoms with Crippen molar-refractivity contribution in [1.82, 2.24) is 4.98 Å². The number of aromatic nitrogens is 1. The third-order valence-electron chi connectivity index (χ3n) is 3.40. The monoisotopic (exact) mass is 387 g/mol. The topological polar surface area (TPSA) is 148 Å². The van der Waals surface area contributed by atoms with E-state index in [1.54, 1.807) is 0 Å². The fraction of sp³-hybridized carbons (Fsp3) is 0.400. The van der Waals surface area contributed by atoms with Crippen molar-refractivity contribution in [1.29, 1.82) is 0 Å². The first-order chi connectivity index (χ1) is 11.8. The summed E-state index contributed by atoms with van der Waals surface area (Å²) in [4.78, 5) is 28.0. The highest BCUT2D eigenvalue weighted by Gasteiger charge is 2.36. The molecule has 2 rings (SSSR count). The highest BCUT2D eigenvalue weighted by atomic mass is 32.2. The number of nitrogens with zero attached hydrogens (tertiary/aromatic N) is 1. The van der Waals surface area contributed by atoms with Crippen LogP contribution in [-0.2, 0) is 9.59 Å². The van der Waals surface area contributed by atoms with Gasteiger partial charge in [-0.2, -0.15) is 0 Å². The van der Waals surface area contributed by atoms with Crippen LogP contribution in [0.1, 0.15) is 0 Å². The Morgan fingerprint density at radius 2 is 1.80 bits per heavy atom. The molecule has 0 saturated carbocycles. The molecule has 0 saturated heterocycles. The lowest BCUT2D eigenvalue weighted by molar-refractivity contribution is -0.153. The van der Waals surface area contributed by atoms with Crippen molar-refractivity contribution in [3.63, 3.8) is 0 Å². The lowest BCUT2D eigenvalue weighted by Crippen LogP contribution is -2.50. The van der Waals surface area contributed by atoms with Crippen molar-refractivity contribution in [2.45, 2.75) is 28.8 Å². The van der Waals surface area contributed by atoms with Gasteiger partial charge in [0.25, 0.3) is 0 Å². The van der Waals surface area contributed by atoms with Gasteiger partial charge in [0.2, 0.25) is 11.6 Å². The molecule has 8 nitrogen and oxygen atoms in total. The molecule has 4 atom stereocenters. The second kappa shape index (κ2) is 8.81. The maximum Gasteiger partial charge on any atom is 0.230 e. The van der Waals surface area contributed by atoms with E-state index in [-0.39, 0.29) is 5.75 Å². The van der Waals surface area contributed by atoms with Crippen LogP contribution in [0, 0.1) is 0 Å². The van der Waals surface area contributed by atoms with E-state index in [1.165, 1.54) is 11.3 Å². The first-order valence-corrected chi connectivity index (χ1v) is 9.04. The number of thioether (sulfide) groups is 1. The van der Waals surface area contributed by atoms with Gasteiger partial charge in [-0.3, -0.25) is 9.59 Å². The summed E-state index contributed by atoms with van der Waals surface area (Å²) in [6, 6.07) is 7.37. The van der Waals surface area contributed by atoms with E-state index < -0.39 is 42.6 Å². The van der Waals surface area contributed by atoms with Crippen molar-refractivity contribution < 1.29 is 35.1 Å². The van der Waals surface area contributed by atoms with Gasteiger partial charge in [-0.05, 0) is 12.1 Å². The van der Waals surface area contributed by atoms with Crippen LogP contribution in [0.5, 0.6) is 0 Å². The maximum atomic E-state index is 11.9. The molecule has 2 aromatic rings. The summed E-state index contributed by atoms with van der Waals surface area (Å²) in [5.74, 6) is -2.53. The number of fused-ring (bicyclic) bond motifs is 1. The van der Waals surface area contributed by atoms with Crippen LogP contribution < -0.4 is 0 Å². The number of ketones is 2. The molecule has 0 spiro atoms. The number of carbonyl (C=O) groups excluding carboxylic acids is 2. The highest BCUT2D eigenvalue weighted by molar-refractivity contribution is 8.01. The lowest BCUT2D eigenvalue weighted by atomic mass is 9.99. The molecule has 136 valence electrons. The number of carbonyl (C=O) groups is 2. The molecular weight excluding hydrogens is 370 g/mol. The van der Waals surface area contributed by atoms with E-state index in [0.29, 0.717) is 4.34 Å². The minimum Gasteiger partial charge on any atom is -0.394 e. The van der Waals surface area contributed by atoms with E-state index >= 15 is 0 Å². The van der Waals surface area contributed by atoms with Crippen LogP contribution in [0.25, 0.3) is 10.2 Å². The molecule has 0 aliphatic carbocycles. The molecule has 25 heavy (non-hydrogen) atoms. The molecule has 0 amide bonds. The summed E-state index contributed by atoms with van der Waals surface area (Å²) >= 11 is 2.38. The molecule has 0 bridgehead atoms. The molecule has 0 fully saturated rings. The van der Waals surface area contributed by atoms with Gasteiger partial charge in [0.1, 0.15) is 24.4 Å². The van der Waals surface area contributed by atoms with Crippen molar-refractivity contribution >= 4 is 44.9 Å². The summed E-state index contributed by atoms with van der Waals surface area (Å²) in [5.41, 5.74) is 0.769. The standard InChI is InChI=1S/C15H17NO7S2/c17-5-8(18)11(20)13(22)14(23)12(21)9(19)6-24-15-16-7-3-1-2-4-10(7)25-15/h1-4,8,11,13-14,17-18,20,22-23H,5-6H2/t8-,11+,13+,14+/m1/s1. The second-order valence-electron chi connectivity index (χ2n) is 5.20. The number of hydrogen-bond acceptors (Lipinski definition) is 10. The number of aliphatic hydroxyl groups is 5. The maximum absolute atomic E-state index is 11.9. The molecule has 5 N–H and O–H groups in total. The van der Waals surface area contributed by atoms with Crippen molar-refractivity contribution in [2.75, 3.05) is 12.4 Å². The van der Waals surface area contributed by atoms with Crippen LogP contribution in [0.3, 0.4) is 0 Å². The predicted octanol–water partition coefficient (Wildman–Crippen LogP) is -1.04.